The zero-order valence-corrected chi connectivity index (χ0v) is 9.17. The van der Waals surface area contributed by atoms with E-state index in [0.717, 1.165) is 12.1 Å². The maximum Gasteiger partial charge on any atom is 0.313 e. The molecule has 5 heteroatoms. The van der Waals surface area contributed by atoms with Gasteiger partial charge in [0.05, 0.1) is 12.5 Å². The molecule has 0 aromatic heterocycles. The predicted octanol–water partition coefficient (Wildman–Crippen LogP) is 2.34. The van der Waals surface area contributed by atoms with Gasteiger partial charge in [-0.3, -0.25) is 4.79 Å². The van der Waals surface area contributed by atoms with E-state index in [-0.39, 0.29) is 11.3 Å². The Balaban J connectivity index is 3.43. The second kappa shape index (κ2) is 4.08. The first-order valence-electron chi connectivity index (χ1n) is 4.57. The van der Waals surface area contributed by atoms with E-state index in [9.17, 15) is 13.6 Å². The lowest BCUT2D eigenvalue weighted by Crippen LogP contribution is -2.29. The number of hydrogen-bond acceptors (Lipinski definition) is 2. The third kappa shape index (κ3) is 1.98. The third-order valence-electron chi connectivity index (χ3n) is 2.45. The fourth-order valence-electron chi connectivity index (χ4n) is 1.30. The van der Waals surface area contributed by atoms with Crippen molar-refractivity contribution in [3.8, 4) is 5.75 Å². The Labute approximate surface area is 91.7 Å². The SMILES string of the molecule is COc1cc(F)c(F)cc1C(C)(C)C(=O)O. The van der Waals surface area contributed by atoms with Crippen molar-refractivity contribution in [2.45, 2.75) is 19.3 Å². The summed E-state index contributed by atoms with van der Waals surface area (Å²) in [6.07, 6.45) is 0. The largest absolute Gasteiger partial charge is 0.496 e. The van der Waals surface area contributed by atoms with Crippen LogP contribution in [0, 0.1) is 11.6 Å². The molecular formula is C11H12F2O3. The van der Waals surface area contributed by atoms with Crippen LogP contribution < -0.4 is 4.74 Å². The van der Waals surface area contributed by atoms with Gasteiger partial charge in [-0.1, -0.05) is 0 Å². The molecule has 0 aliphatic heterocycles. The number of rotatable bonds is 3. The van der Waals surface area contributed by atoms with Crippen molar-refractivity contribution in [1.82, 2.24) is 0 Å². The molecule has 0 radical (unpaired) electrons. The molecule has 0 saturated heterocycles. The zero-order valence-electron chi connectivity index (χ0n) is 9.17. The van der Waals surface area contributed by atoms with Gasteiger partial charge in [-0.15, -0.1) is 0 Å². The minimum atomic E-state index is -1.35. The molecule has 0 bridgehead atoms. The van der Waals surface area contributed by atoms with E-state index < -0.39 is 23.0 Å². The van der Waals surface area contributed by atoms with Gasteiger partial charge >= 0.3 is 5.97 Å². The Bertz CT molecular complexity index is 427. The molecule has 0 atom stereocenters. The van der Waals surface area contributed by atoms with E-state index >= 15 is 0 Å². The maximum absolute atomic E-state index is 13.1. The van der Waals surface area contributed by atoms with Crippen LogP contribution in [0.15, 0.2) is 12.1 Å². The van der Waals surface area contributed by atoms with Crippen LogP contribution in [0.25, 0.3) is 0 Å². The third-order valence-corrected chi connectivity index (χ3v) is 2.45. The van der Waals surface area contributed by atoms with E-state index in [1.54, 1.807) is 0 Å². The molecule has 0 heterocycles. The summed E-state index contributed by atoms with van der Waals surface area (Å²) in [4.78, 5) is 11.0. The molecule has 0 saturated carbocycles. The molecule has 0 fully saturated rings. The van der Waals surface area contributed by atoms with E-state index in [4.69, 9.17) is 9.84 Å². The zero-order chi connectivity index (χ0) is 12.5. The number of ether oxygens (including phenoxy) is 1. The van der Waals surface area contributed by atoms with Gasteiger partial charge in [-0.2, -0.15) is 0 Å². The Kier molecular flexibility index (Phi) is 3.16. The van der Waals surface area contributed by atoms with Gasteiger partial charge in [0.1, 0.15) is 5.75 Å². The molecule has 88 valence electrons. The van der Waals surface area contributed by atoms with Gasteiger partial charge in [-0.05, 0) is 19.9 Å². The molecule has 1 aromatic rings. The smallest absolute Gasteiger partial charge is 0.313 e. The van der Waals surface area contributed by atoms with E-state index in [1.165, 1.54) is 21.0 Å². The highest BCUT2D eigenvalue weighted by atomic mass is 19.2. The summed E-state index contributed by atoms with van der Waals surface area (Å²) >= 11 is 0. The van der Waals surface area contributed by atoms with Crippen molar-refractivity contribution in [2.75, 3.05) is 7.11 Å². The molecule has 0 aliphatic rings. The summed E-state index contributed by atoms with van der Waals surface area (Å²) in [5.74, 6) is -3.28. The molecule has 0 unspecified atom stereocenters. The first-order valence-corrected chi connectivity index (χ1v) is 4.57. The highest BCUT2D eigenvalue weighted by Gasteiger charge is 2.33. The lowest BCUT2D eigenvalue weighted by Gasteiger charge is -2.22. The van der Waals surface area contributed by atoms with E-state index in [2.05, 4.69) is 0 Å². The molecule has 1 rings (SSSR count). The normalized spacial score (nSPS) is 11.3. The molecule has 0 amide bonds. The van der Waals surface area contributed by atoms with Crippen LogP contribution in [0.5, 0.6) is 5.75 Å². The number of benzene rings is 1. The van der Waals surface area contributed by atoms with Crippen molar-refractivity contribution in [1.29, 1.82) is 0 Å². The number of halogens is 2. The monoisotopic (exact) mass is 230 g/mol. The lowest BCUT2D eigenvalue weighted by atomic mass is 9.84. The number of hydrogen-bond donors (Lipinski definition) is 1. The van der Waals surface area contributed by atoms with Crippen LogP contribution in [0.3, 0.4) is 0 Å². The average molecular weight is 230 g/mol. The quantitative estimate of drug-likeness (QED) is 0.866. The summed E-state index contributed by atoms with van der Waals surface area (Å²) in [7, 11) is 1.27. The van der Waals surface area contributed by atoms with E-state index in [0.29, 0.717) is 0 Å². The minimum Gasteiger partial charge on any atom is -0.496 e. The molecule has 0 aliphatic carbocycles. The number of methoxy groups -OCH3 is 1. The predicted molar refractivity (Wildman–Crippen MR) is 53.6 cm³/mol. The molecule has 0 spiro atoms. The van der Waals surface area contributed by atoms with Crippen LogP contribution in [-0.2, 0) is 10.2 Å². The van der Waals surface area contributed by atoms with Gasteiger partial charge in [0.15, 0.2) is 11.6 Å². The van der Waals surface area contributed by atoms with Gasteiger partial charge < -0.3 is 9.84 Å². The topological polar surface area (TPSA) is 46.5 Å². The maximum atomic E-state index is 13.1. The summed E-state index contributed by atoms with van der Waals surface area (Å²) < 4.78 is 30.8. The fourth-order valence-corrected chi connectivity index (χ4v) is 1.30. The molecular weight excluding hydrogens is 218 g/mol. The highest BCUT2D eigenvalue weighted by Crippen LogP contribution is 2.33. The Morgan fingerprint density at radius 2 is 1.81 bits per heavy atom. The first-order chi connectivity index (χ1) is 7.30. The molecule has 3 nitrogen and oxygen atoms in total. The van der Waals surface area contributed by atoms with Gasteiger partial charge in [-0.25, -0.2) is 8.78 Å². The van der Waals surface area contributed by atoms with Crippen LogP contribution in [0.1, 0.15) is 19.4 Å². The Morgan fingerprint density at radius 3 is 2.25 bits per heavy atom. The standard InChI is InChI=1S/C11H12F2O3/c1-11(2,10(14)15)6-4-7(12)8(13)5-9(6)16-3/h4-5H,1-3H3,(H,14,15). The van der Waals surface area contributed by atoms with Crippen molar-refractivity contribution in [3.05, 3.63) is 29.3 Å². The van der Waals surface area contributed by atoms with Crippen molar-refractivity contribution in [3.63, 3.8) is 0 Å². The van der Waals surface area contributed by atoms with Gasteiger partial charge in [0.2, 0.25) is 0 Å². The van der Waals surface area contributed by atoms with E-state index in [1.807, 2.05) is 0 Å². The molecule has 1 N–H and O–H groups in total. The minimum absolute atomic E-state index is 0.0197. The van der Waals surface area contributed by atoms with Crippen LogP contribution in [0.2, 0.25) is 0 Å². The second-order valence-corrected chi connectivity index (χ2v) is 3.90. The van der Waals surface area contributed by atoms with Crippen molar-refractivity contribution in [2.24, 2.45) is 0 Å². The van der Waals surface area contributed by atoms with Crippen LogP contribution >= 0.6 is 0 Å². The first kappa shape index (κ1) is 12.4. The fraction of sp³-hybridized carbons (Fsp3) is 0.364. The van der Waals surface area contributed by atoms with Crippen molar-refractivity contribution < 1.29 is 23.4 Å². The van der Waals surface area contributed by atoms with Gasteiger partial charge in [0, 0.05) is 11.6 Å². The summed E-state index contributed by atoms with van der Waals surface area (Å²) in [5, 5.41) is 9.00. The number of carboxylic acid groups (broad SMARTS) is 1. The lowest BCUT2D eigenvalue weighted by molar-refractivity contribution is -0.142. The molecule has 1 aromatic carbocycles. The highest BCUT2D eigenvalue weighted by molar-refractivity contribution is 5.81. The second-order valence-electron chi connectivity index (χ2n) is 3.90. The number of aliphatic carboxylic acids is 1. The Hall–Kier alpha value is -1.65. The van der Waals surface area contributed by atoms with Crippen LogP contribution in [-0.4, -0.2) is 18.2 Å². The average Bonchev–Trinajstić information content (AvgIpc) is 2.20. The Morgan fingerprint density at radius 1 is 1.31 bits per heavy atom. The summed E-state index contributed by atoms with van der Waals surface area (Å²) in [6.45, 7) is 2.79. The van der Waals surface area contributed by atoms with Crippen molar-refractivity contribution >= 4 is 5.97 Å². The number of carbonyl (C=O) groups is 1. The summed E-state index contributed by atoms with van der Waals surface area (Å²) in [6, 6.07) is 1.69. The van der Waals surface area contributed by atoms with Crippen LogP contribution in [0.4, 0.5) is 8.78 Å². The van der Waals surface area contributed by atoms with Gasteiger partial charge in [0.25, 0.3) is 0 Å². The summed E-state index contributed by atoms with van der Waals surface area (Å²) in [5.41, 5.74) is -1.25. The molecule has 16 heavy (non-hydrogen) atoms. The number of carboxylic acids is 1.